The monoisotopic (exact) mass is 399 g/mol. The number of rotatable bonds is 6. The van der Waals surface area contributed by atoms with E-state index < -0.39 is 0 Å². The molecule has 1 saturated carbocycles. The number of hydrogen-bond acceptors (Lipinski definition) is 2. The molecule has 1 aromatic carbocycles. The van der Waals surface area contributed by atoms with Crippen molar-refractivity contribution in [1.82, 2.24) is 9.80 Å². The summed E-state index contributed by atoms with van der Waals surface area (Å²) in [6.07, 6.45) is 6.32. The van der Waals surface area contributed by atoms with Gasteiger partial charge in [-0.15, -0.1) is 12.4 Å². The maximum atomic E-state index is 12.7. The number of nitrogens with two attached hydrogens (primary N) is 1. The van der Waals surface area contributed by atoms with E-state index in [1.807, 2.05) is 17.0 Å². The van der Waals surface area contributed by atoms with E-state index in [4.69, 9.17) is 17.3 Å². The lowest BCUT2D eigenvalue weighted by Crippen LogP contribution is -2.46. The maximum Gasteiger partial charge on any atom is 0.320 e. The number of halogens is 2. The van der Waals surface area contributed by atoms with Crippen molar-refractivity contribution in [2.24, 2.45) is 5.73 Å². The van der Waals surface area contributed by atoms with Crippen molar-refractivity contribution in [3.63, 3.8) is 0 Å². The van der Waals surface area contributed by atoms with E-state index in [0.717, 1.165) is 63.2 Å². The highest BCUT2D eigenvalue weighted by Gasteiger charge is 2.40. The molecule has 0 radical (unpaired) electrons. The van der Waals surface area contributed by atoms with Crippen molar-refractivity contribution in [1.29, 1.82) is 0 Å². The van der Waals surface area contributed by atoms with Crippen molar-refractivity contribution >= 4 is 30.0 Å². The summed E-state index contributed by atoms with van der Waals surface area (Å²) in [5.74, 6) is 0. The van der Waals surface area contributed by atoms with Crippen molar-refractivity contribution in [2.75, 3.05) is 26.2 Å². The quantitative estimate of drug-likeness (QED) is 0.768. The molecule has 0 unspecified atom stereocenters. The molecule has 0 spiro atoms. The molecule has 1 aliphatic heterocycles. The molecule has 2 aliphatic rings. The van der Waals surface area contributed by atoms with Crippen LogP contribution in [0.4, 0.5) is 4.79 Å². The fourth-order valence-electron chi connectivity index (χ4n) is 4.39. The normalized spacial score (nSPS) is 26.1. The van der Waals surface area contributed by atoms with Gasteiger partial charge >= 0.3 is 6.03 Å². The standard InChI is InChI=1S/C20H30ClN3O.ClH/c1-2-3-11-23-12-13-24(19(23)25)18-7-9-20(15-22,10-8-18)16-5-4-6-17(21)14-16;/h4-6,14,18H,2-3,7-13,15,22H2,1H3;1H/t18-,20+;. The van der Waals surface area contributed by atoms with Crippen LogP contribution in [0, 0.1) is 0 Å². The second-order valence-electron chi connectivity index (χ2n) is 7.54. The Bertz CT molecular complexity index is 602. The summed E-state index contributed by atoms with van der Waals surface area (Å²) < 4.78 is 0. The molecular formula is C20H31Cl2N3O. The zero-order chi connectivity index (χ0) is 17.9. The third-order valence-corrected chi connectivity index (χ3v) is 6.32. The minimum absolute atomic E-state index is 0. The molecule has 0 atom stereocenters. The van der Waals surface area contributed by atoms with Gasteiger partial charge in [-0.25, -0.2) is 4.79 Å². The van der Waals surface area contributed by atoms with Crippen molar-refractivity contribution in [3.05, 3.63) is 34.9 Å². The van der Waals surface area contributed by atoms with E-state index in [-0.39, 0.29) is 23.9 Å². The fourth-order valence-corrected chi connectivity index (χ4v) is 4.58. The summed E-state index contributed by atoms with van der Waals surface area (Å²) in [5.41, 5.74) is 7.45. The summed E-state index contributed by atoms with van der Waals surface area (Å²) >= 11 is 6.19. The van der Waals surface area contributed by atoms with Gasteiger partial charge in [0.25, 0.3) is 0 Å². The van der Waals surface area contributed by atoms with E-state index >= 15 is 0 Å². The number of hydrogen-bond donors (Lipinski definition) is 1. The van der Waals surface area contributed by atoms with Gasteiger partial charge in [0.1, 0.15) is 0 Å². The second-order valence-corrected chi connectivity index (χ2v) is 7.98. The predicted molar refractivity (Wildman–Crippen MR) is 110 cm³/mol. The van der Waals surface area contributed by atoms with Crippen LogP contribution in [0.3, 0.4) is 0 Å². The molecule has 2 N–H and O–H groups in total. The third-order valence-electron chi connectivity index (χ3n) is 6.09. The molecule has 2 fully saturated rings. The zero-order valence-corrected chi connectivity index (χ0v) is 17.2. The van der Waals surface area contributed by atoms with E-state index in [1.165, 1.54) is 5.56 Å². The Balaban J connectivity index is 0.00000243. The molecule has 4 nitrogen and oxygen atoms in total. The fraction of sp³-hybridized carbons (Fsp3) is 0.650. The highest BCUT2D eigenvalue weighted by Crippen LogP contribution is 2.41. The number of carbonyl (C=O) groups is 1. The molecular weight excluding hydrogens is 369 g/mol. The van der Waals surface area contributed by atoms with Gasteiger partial charge in [-0.2, -0.15) is 0 Å². The molecule has 3 rings (SSSR count). The third kappa shape index (κ3) is 4.29. The Morgan fingerprint density at radius 2 is 2.00 bits per heavy atom. The zero-order valence-electron chi connectivity index (χ0n) is 15.6. The average molecular weight is 400 g/mol. The predicted octanol–water partition coefficient (Wildman–Crippen LogP) is 4.44. The van der Waals surface area contributed by atoms with Crippen LogP contribution >= 0.6 is 24.0 Å². The first-order chi connectivity index (χ1) is 12.1. The number of nitrogens with zero attached hydrogens (tertiary/aromatic N) is 2. The molecule has 146 valence electrons. The first kappa shape index (κ1) is 21.3. The smallest absolute Gasteiger partial charge is 0.320 e. The molecule has 6 heteroatoms. The van der Waals surface area contributed by atoms with Gasteiger partial charge in [-0.1, -0.05) is 37.1 Å². The number of benzene rings is 1. The van der Waals surface area contributed by atoms with Gasteiger partial charge in [0, 0.05) is 42.7 Å². The van der Waals surface area contributed by atoms with Crippen LogP contribution in [0.15, 0.2) is 24.3 Å². The molecule has 2 amide bonds. The van der Waals surface area contributed by atoms with Crippen LogP contribution < -0.4 is 5.73 Å². The van der Waals surface area contributed by atoms with Crippen LogP contribution in [0.25, 0.3) is 0 Å². The van der Waals surface area contributed by atoms with Crippen molar-refractivity contribution < 1.29 is 4.79 Å². The average Bonchev–Trinajstić information content (AvgIpc) is 3.00. The summed E-state index contributed by atoms with van der Waals surface area (Å²) in [7, 11) is 0. The Kier molecular flexibility index (Phi) is 7.63. The summed E-state index contributed by atoms with van der Waals surface area (Å²) in [6.45, 7) is 5.46. The van der Waals surface area contributed by atoms with E-state index in [0.29, 0.717) is 12.6 Å². The van der Waals surface area contributed by atoms with E-state index in [1.54, 1.807) is 0 Å². The van der Waals surface area contributed by atoms with Gasteiger partial charge in [0.15, 0.2) is 0 Å². The van der Waals surface area contributed by atoms with Crippen LogP contribution in [0.1, 0.15) is 51.0 Å². The summed E-state index contributed by atoms with van der Waals surface area (Å²) in [4.78, 5) is 16.8. The van der Waals surface area contributed by atoms with Crippen molar-refractivity contribution in [3.8, 4) is 0 Å². The number of carbonyl (C=O) groups excluding carboxylic acids is 1. The molecule has 0 bridgehead atoms. The Morgan fingerprint density at radius 1 is 1.27 bits per heavy atom. The van der Waals surface area contributed by atoms with Crippen molar-refractivity contribution in [2.45, 2.75) is 56.9 Å². The van der Waals surface area contributed by atoms with Gasteiger partial charge < -0.3 is 15.5 Å². The molecule has 1 aliphatic carbocycles. The van der Waals surface area contributed by atoms with E-state index in [2.05, 4.69) is 24.0 Å². The SMILES string of the molecule is CCCCN1CCN([C@H]2CC[C@@](CN)(c3cccc(Cl)c3)CC2)C1=O.Cl. The van der Waals surface area contributed by atoms with Gasteiger partial charge in [0.2, 0.25) is 0 Å². The lowest BCUT2D eigenvalue weighted by Gasteiger charge is -2.42. The summed E-state index contributed by atoms with van der Waals surface area (Å²) in [5, 5.41) is 0.772. The van der Waals surface area contributed by atoms with Gasteiger partial charge in [-0.3, -0.25) is 0 Å². The first-order valence-electron chi connectivity index (χ1n) is 9.61. The number of urea groups is 1. The van der Waals surface area contributed by atoms with E-state index in [9.17, 15) is 4.79 Å². The first-order valence-corrected chi connectivity index (χ1v) is 9.99. The minimum Gasteiger partial charge on any atom is -0.330 e. The summed E-state index contributed by atoms with van der Waals surface area (Å²) in [6, 6.07) is 8.72. The van der Waals surface area contributed by atoms with Gasteiger partial charge in [-0.05, 0) is 49.8 Å². The van der Waals surface area contributed by atoms with Crippen LogP contribution in [0.2, 0.25) is 5.02 Å². The Hall–Kier alpha value is -0.970. The van der Waals surface area contributed by atoms with Crippen LogP contribution in [0.5, 0.6) is 0 Å². The Morgan fingerprint density at radius 3 is 2.62 bits per heavy atom. The molecule has 0 aromatic heterocycles. The largest absolute Gasteiger partial charge is 0.330 e. The highest BCUT2D eigenvalue weighted by molar-refractivity contribution is 6.30. The molecule has 1 saturated heterocycles. The molecule has 1 aromatic rings. The van der Waals surface area contributed by atoms with Crippen LogP contribution in [-0.2, 0) is 5.41 Å². The maximum absolute atomic E-state index is 12.7. The number of amides is 2. The number of unbranched alkanes of at least 4 members (excludes halogenated alkanes) is 1. The van der Waals surface area contributed by atoms with Crippen LogP contribution in [-0.4, -0.2) is 48.1 Å². The lowest BCUT2D eigenvalue weighted by atomic mass is 9.68. The Labute approximate surface area is 168 Å². The lowest BCUT2D eigenvalue weighted by molar-refractivity contribution is 0.144. The highest BCUT2D eigenvalue weighted by atomic mass is 35.5. The minimum atomic E-state index is 0. The molecule has 26 heavy (non-hydrogen) atoms. The molecule has 1 heterocycles. The van der Waals surface area contributed by atoms with Gasteiger partial charge in [0.05, 0.1) is 0 Å². The topological polar surface area (TPSA) is 49.6 Å². The second kappa shape index (κ2) is 9.29.